The van der Waals surface area contributed by atoms with E-state index in [2.05, 4.69) is 0 Å². The molecule has 114 valence electrons. The molecule has 7 heteroatoms. The van der Waals surface area contributed by atoms with Gasteiger partial charge in [0.25, 0.3) is 5.91 Å². The first-order valence-electron chi connectivity index (χ1n) is 6.64. The molecule has 1 heterocycles. The Kier molecular flexibility index (Phi) is 5.38. The minimum absolute atomic E-state index is 0.169. The molecule has 0 bridgehead atoms. The summed E-state index contributed by atoms with van der Waals surface area (Å²) in [5.74, 6) is -0.420. The molecule has 21 heavy (non-hydrogen) atoms. The summed E-state index contributed by atoms with van der Waals surface area (Å²) >= 11 is 5.45. The van der Waals surface area contributed by atoms with Gasteiger partial charge in [0.05, 0.1) is 5.88 Å². The molecule has 0 aromatic heterocycles. The maximum absolute atomic E-state index is 13.1. The van der Waals surface area contributed by atoms with Gasteiger partial charge in [-0.3, -0.25) is 4.79 Å². The van der Waals surface area contributed by atoms with Crippen LogP contribution in [0.3, 0.4) is 0 Å². The van der Waals surface area contributed by atoms with Crippen molar-refractivity contribution in [3.63, 3.8) is 0 Å². The highest BCUT2D eigenvalue weighted by Crippen LogP contribution is 2.11. The Morgan fingerprint density at radius 1 is 1.19 bits per heavy atom. The summed E-state index contributed by atoms with van der Waals surface area (Å²) in [6.07, 6.45) is -0.423. The molecule has 1 aromatic rings. The molecule has 2 amide bonds. The lowest BCUT2D eigenvalue weighted by molar-refractivity contribution is 0.0571. The number of nitrogens with zero attached hydrogens (tertiary/aromatic N) is 2. The Labute approximate surface area is 127 Å². The van der Waals surface area contributed by atoms with Gasteiger partial charge in [0.1, 0.15) is 12.4 Å². The largest absolute Gasteiger partial charge is 0.448 e. The van der Waals surface area contributed by atoms with Crippen molar-refractivity contribution in [1.82, 2.24) is 9.80 Å². The Bertz CT molecular complexity index is 519. The average molecular weight is 315 g/mol. The molecule has 0 N–H and O–H groups in total. The van der Waals surface area contributed by atoms with Crippen LogP contribution in [0.2, 0.25) is 0 Å². The van der Waals surface area contributed by atoms with E-state index in [1.165, 1.54) is 23.1 Å². The Hall–Kier alpha value is -1.82. The molecule has 1 aliphatic rings. The quantitative estimate of drug-likeness (QED) is 0.801. The first-order valence-corrected chi connectivity index (χ1v) is 7.18. The van der Waals surface area contributed by atoms with Gasteiger partial charge in [0.2, 0.25) is 0 Å². The topological polar surface area (TPSA) is 49.9 Å². The van der Waals surface area contributed by atoms with Crippen molar-refractivity contribution in [1.29, 1.82) is 0 Å². The van der Waals surface area contributed by atoms with Crippen LogP contribution >= 0.6 is 11.6 Å². The van der Waals surface area contributed by atoms with Crippen molar-refractivity contribution in [2.45, 2.75) is 0 Å². The molecule has 1 saturated heterocycles. The van der Waals surface area contributed by atoms with E-state index < -0.39 is 11.9 Å². The zero-order valence-corrected chi connectivity index (χ0v) is 12.2. The Morgan fingerprint density at radius 2 is 1.86 bits per heavy atom. The second kappa shape index (κ2) is 7.26. The summed E-state index contributed by atoms with van der Waals surface area (Å²) in [5.41, 5.74) is 0.313. The smallest absolute Gasteiger partial charge is 0.409 e. The van der Waals surface area contributed by atoms with Crippen LogP contribution in [0.4, 0.5) is 9.18 Å². The van der Waals surface area contributed by atoms with Gasteiger partial charge in [-0.15, -0.1) is 11.6 Å². The van der Waals surface area contributed by atoms with Gasteiger partial charge < -0.3 is 14.5 Å². The lowest BCUT2D eigenvalue weighted by Gasteiger charge is -2.34. The van der Waals surface area contributed by atoms with E-state index in [1.807, 2.05) is 0 Å². The summed E-state index contributed by atoms with van der Waals surface area (Å²) in [5, 5.41) is 0. The van der Waals surface area contributed by atoms with E-state index in [9.17, 15) is 14.0 Å². The fourth-order valence-electron chi connectivity index (χ4n) is 2.11. The standard InChI is InChI=1S/C14H16ClFN2O3/c15-4-9-21-14(20)18-7-5-17(6-8-18)13(19)11-2-1-3-12(16)10-11/h1-3,10H,4-9H2. The molecule has 1 aromatic carbocycles. The summed E-state index contributed by atoms with van der Waals surface area (Å²) in [4.78, 5) is 27.0. The monoisotopic (exact) mass is 314 g/mol. The molecule has 1 aliphatic heterocycles. The van der Waals surface area contributed by atoms with Gasteiger partial charge in [-0.25, -0.2) is 9.18 Å². The molecule has 2 rings (SSSR count). The van der Waals surface area contributed by atoms with E-state index in [1.54, 1.807) is 11.0 Å². The van der Waals surface area contributed by atoms with Crippen molar-refractivity contribution in [3.8, 4) is 0 Å². The first kappa shape index (κ1) is 15.6. The number of piperazine rings is 1. The van der Waals surface area contributed by atoms with Crippen molar-refractivity contribution < 1.29 is 18.7 Å². The van der Waals surface area contributed by atoms with Gasteiger partial charge in [0.15, 0.2) is 0 Å². The van der Waals surface area contributed by atoms with Crippen molar-refractivity contribution in [2.75, 3.05) is 38.7 Å². The number of alkyl halides is 1. The normalized spacial score (nSPS) is 15.0. The van der Waals surface area contributed by atoms with Crippen LogP contribution in [-0.4, -0.2) is 60.5 Å². The predicted molar refractivity (Wildman–Crippen MR) is 75.9 cm³/mol. The summed E-state index contributed by atoms with van der Waals surface area (Å²) in [6, 6.07) is 5.58. The van der Waals surface area contributed by atoms with E-state index in [-0.39, 0.29) is 18.4 Å². The number of hydrogen-bond donors (Lipinski definition) is 0. The molecule has 0 aliphatic carbocycles. The number of ether oxygens (including phenoxy) is 1. The number of rotatable bonds is 3. The highest BCUT2D eigenvalue weighted by atomic mass is 35.5. The third kappa shape index (κ3) is 4.07. The molecule has 5 nitrogen and oxygen atoms in total. The highest BCUT2D eigenvalue weighted by Gasteiger charge is 2.25. The van der Waals surface area contributed by atoms with Crippen molar-refractivity contribution >= 4 is 23.6 Å². The van der Waals surface area contributed by atoms with Gasteiger partial charge >= 0.3 is 6.09 Å². The Balaban J connectivity index is 1.89. The van der Waals surface area contributed by atoms with E-state index in [4.69, 9.17) is 16.3 Å². The van der Waals surface area contributed by atoms with Crippen LogP contribution in [0.25, 0.3) is 0 Å². The van der Waals surface area contributed by atoms with Crippen molar-refractivity contribution in [3.05, 3.63) is 35.6 Å². The summed E-state index contributed by atoms with van der Waals surface area (Å²) < 4.78 is 18.1. The number of benzene rings is 1. The van der Waals surface area contributed by atoms with Crippen LogP contribution in [-0.2, 0) is 4.74 Å². The maximum Gasteiger partial charge on any atom is 0.409 e. The van der Waals surface area contributed by atoms with Crippen LogP contribution in [0, 0.1) is 5.82 Å². The third-order valence-corrected chi connectivity index (χ3v) is 3.35. The molecule has 1 fully saturated rings. The van der Waals surface area contributed by atoms with Gasteiger partial charge in [-0.1, -0.05) is 6.07 Å². The number of halogens is 2. The van der Waals surface area contributed by atoms with Crippen LogP contribution in [0.5, 0.6) is 0 Å². The number of carbonyl (C=O) groups is 2. The first-order chi connectivity index (χ1) is 10.1. The maximum atomic E-state index is 13.1. The lowest BCUT2D eigenvalue weighted by atomic mass is 10.2. The average Bonchev–Trinajstić information content (AvgIpc) is 2.52. The fraction of sp³-hybridized carbons (Fsp3) is 0.429. The zero-order valence-electron chi connectivity index (χ0n) is 11.4. The van der Waals surface area contributed by atoms with Crippen LogP contribution < -0.4 is 0 Å². The zero-order chi connectivity index (χ0) is 15.2. The third-order valence-electron chi connectivity index (χ3n) is 3.20. The summed E-state index contributed by atoms with van der Waals surface area (Å²) in [7, 11) is 0. The van der Waals surface area contributed by atoms with Crippen LogP contribution in [0.1, 0.15) is 10.4 Å². The number of carbonyl (C=O) groups excluding carboxylic acids is 2. The number of amides is 2. The molecule has 0 radical (unpaired) electrons. The van der Waals surface area contributed by atoms with E-state index >= 15 is 0 Å². The highest BCUT2D eigenvalue weighted by molar-refractivity contribution is 6.18. The molecule has 0 unspecified atom stereocenters. The van der Waals surface area contributed by atoms with Crippen LogP contribution in [0.15, 0.2) is 24.3 Å². The molecular weight excluding hydrogens is 299 g/mol. The second-order valence-electron chi connectivity index (χ2n) is 4.59. The molecule has 0 spiro atoms. The lowest BCUT2D eigenvalue weighted by Crippen LogP contribution is -2.50. The number of hydrogen-bond acceptors (Lipinski definition) is 3. The predicted octanol–water partition coefficient (Wildman–Crippen LogP) is 1.96. The fourth-order valence-corrected chi connectivity index (χ4v) is 2.19. The second-order valence-corrected chi connectivity index (χ2v) is 4.97. The minimum atomic E-state index is -0.441. The SMILES string of the molecule is O=C(OCCCl)N1CCN(C(=O)c2cccc(F)c2)CC1. The van der Waals surface area contributed by atoms with Gasteiger partial charge in [-0.05, 0) is 18.2 Å². The minimum Gasteiger partial charge on any atom is -0.448 e. The van der Waals surface area contributed by atoms with E-state index in [0.717, 1.165) is 0 Å². The van der Waals surface area contributed by atoms with Crippen molar-refractivity contribution in [2.24, 2.45) is 0 Å². The molecular formula is C14H16ClFN2O3. The van der Waals surface area contributed by atoms with E-state index in [0.29, 0.717) is 31.7 Å². The molecule has 0 atom stereocenters. The molecule has 0 saturated carbocycles. The van der Waals surface area contributed by atoms with Gasteiger partial charge in [-0.2, -0.15) is 0 Å². The van der Waals surface area contributed by atoms with Gasteiger partial charge in [0, 0.05) is 31.7 Å². The summed E-state index contributed by atoms with van der Waals surface area (Å²) in [6.45, 7) is 1.74. The Morgan fingerprint density at radius 3 is 2.48 bits per heavy atom.